The van der Waals surface area contributed by atoms with Gasteiger partial charge in [-0.3, -0.25) is 14.5 Å². The first-order chi connectivity index (χ1) is 14.5. The smallest absolute Gasteiger partial charge is 0.173 e. The molecule has 1 aliphatic heterocycles. The standard InChI is InChI=1S/C26H33NO3/c1-19-6-4-7-22(16-19)18-27-14-12-21(13-15-27)10-11-25(20(2)28)26(29)23-8-5-9-24(17-23)30-3/h4-9,16-17,21,25H,10-15,18H2,1-3H3. The van der Waals surface area contributed by atoms with Crippen molar-refractivity contribution < 1.29 is 14.3 Å². The molecule has 0 amide bonds. The van der Waals surface area contributed by atoms with Gasteiger partial charge >= 0.3 is 0 Å². The van der Waals surface area contributed by atoms with Gasteiger partial charge in [0.05, 0.1) is 13.0 Å². The number of ether oxygens (including phenoxy) is 1. The zero-order chi connectivity index (χ0) is 21.5. The fraction of sp³-hybridized carbons (Fsp3) is 0.462. The predicted molar refractivity (Wildman–Crippen MR) is 120 cm³/mol. The highest BCUT2D eigenvalue weighted by Gasteiger charge is 2.27. The molecule has 30 heavy (non-hydrogen) atoms. The van der Waals surface area contributed by atoms with Crippen LogP contribution in [0.15, 0.2) is 48.5 Å². The Kier molecular flexibility index (Phi) is 7.81. The Hall–Kier alpha value is -2.46. The minimum absolute atomic E-state index is 0.0419. The van der Waals surface area contributed by atoms with E-state index >= 15 is 0 Å². The molecule has 1 aliphatic rings. The molecule has 1 saturated heterocycles. The van der Waals surface area contributed by atoms with Gasteiger partial charge in [-0.05, 0) is 76.2 Å². The lowest BCUT2D eigenvalue weighted by Gasteiger charge is -2.32. The largest absolute Gasteiger partial charge is 0.497 e. The third-order valence-electron chi connectivity index (χ3n) is 6.22. The highest BCUT2D eigenvalue weighted by molar-refractivity contribution is 6.10. The summed E-state index contributed by atoms with van der Waals surface area (Å²) in [6.45, 7) is 6.82. The van der Waals surface area contributed by atoms with Crippen molar-refractivity contribution in [3.8, 4) is 5.75 Å². The van der Waals surface area contributed by atoms with Crippen LogP contribution < -0.4 is 4.74 Å². The van der Waals surface area contributed by atoms with E-state index in [2.05, 4.69) is 36.1 Å². The second-order valence-electron chi connectivity index (χ2n) is 8.55. The number of ketones is 2. The number of methoxy groups -OCH3 is 1. The summed E-state index contributed by atoms with van der Waals surface area (Å²) in [5, 5.41) is 0. The monoisotopic (exact) mass is 407 g/mol. The molecule has 1 fully saturated rings. The number of piperidine rings is 1. The molecule has 0 N–H and O–H groups in total. The highest BCUT2D eigenvalue weighted by Crippen LogP contribution is 2.27. The lowest BCUT2D eigenvalue weighted by molar-refractivity contribution is -0.119. The van der Waals surface area contributed by atoms with E-state index in [1.54, 1.807) is 25.3 Å². The van der Waals surface area contributed by atoms with Gasteiger partial charge in [-0.1, -0.05) is 42.0 Å². The second-order valence-corrected chi connectivity index (χ2v) is 8.55. The average Bonchev–Trinajstić information content (AvgIpc) is 2.75. The SMILES string of the molecule is COc1cccc(C(=O)C(CCC2CCN(Cc3cccc(C)c3)CC2)C(C)=O)c1. The fourth-order valence-electron chi connectivity index (χ4n) is 4.40. The summed E-state index contributed by atoms with van der Waals surface area (Å²) >= 11 is 0. The van der Waals surface area contributed by atoms with Crippen LogP contribution in [0.3, 0.4) is 0 Å². The maximum Gasteiger partial charge on any atom is 0.173 e. The van der Waals surface area contributed by atoms with E-state index < -0.39 is 5.92 Å². The van der Waals surface area contributed by atoms with E-state index in [0.29, 0.717) is 23.7 Å². The van der Waals surface area contributed by atoms with Crippen molar-refractivity contribution in [3.63, 3.8) is 0 Å². The molecule has 4 nitrogen and oxygen atoms in total. The van der Waals surface area contributed by atoms with Gasteiger partial charge < -0.3 is 4.74 Å². The van der Waals surface area contributed by atoms with E-state index in [9.17, 15) is 9.59 Å². The van der Waals surface area contributed by atoms with Gasteiger partial charge in [-0.2, -0.15) is 0 Å². The third-order valence-corrected chi connectivity index (χ3v) is 6.22. The summed E-state index contributed by atoms with van der Waals surface area (Å²) in [6.07, 6.45) is 3.82. The number of likely N-dealkylation sites (tertiary alicyclic amines) is 1. The third kappa shape index (κ3) is 6.02. The van der Waals surface area contributed by atoms with Gasteiger partial charge in [-0.15, -0.1) is 0 Å². The summed E-state index contributed by atoms with van der Waals surface area (Å²) in [5.74, 6) is 0.545. The van der Waals surface area contributed by atoms with Crippen molar-refractivity contribution in [2.24, 2.45) is 11.8 Å². The molecule has 1 atom stereocenters. The number of hydrogen-bond acceptors (Lipinski definition) is 4. The molecule has 0 radical (unpaired) electrons. The van der Waals surface area contributed by atoms with Gasteiger partial charge in [0.2, 0.25) is 0 Å². The molecule has 2 aromatic rings. The predicted octanol–water partition coefficient (Wildman–Crippen LogP) is 5.08. The maximum absolute atomic E-state index is 12.9. The normalized spacial score (nSPS) is 16.2. The molecule has 3 rings (SSSR count). The second kappa shape index (κ2) is 10.5. The topological polar surface area (TPSA) is 46.6 Å². The van der Waals surface area contributed by atoms with Crippen molar-refractivity contribution in [1.82, 2.24) is 4.90 Å². The Balaban J connectivity index is 1.51. The first-order valence-corrected chi connectivity index (χ1v) is 10.9. The number of rotatable bonds is 9. The number of carbonyl (C=O) groups is 2. The van der Waals surface area contributed by atoms with Crippen LogP contribution in [0.25, 0.3) is 0 Å². The highest BCUT2D eigenvalue weighted by atomic mass is 16.5. The summed E-state index contributed by atoms with van der Waals surface area (Å²) < 4.78 is 5.22. The van der Waals surface area contributed by atoms with Gasteiger partial charge in [0.1, 0.15) is 11.5 Å². The molecule has 0 aliphatic carbocycles. The molecule has 1 unspecified atom stereocenters. The van der Waals surface area contributed by atoms with Crippen LogP contribution in [0, 0.1) is 18.8 Å². The Morgan fingerprint density at radius 1 is 1.10 bits per heavy atom. The first-order valence-electron chi connectivity index (χ1n) is 10.9. The Labute approximate surface area is 180 Å². The molecule has 4 heteroatoms. The zero-order valence-corrected chi connectivity index (χ0v) is 18.4. The summed E-state index contributed by atoms with van der Waals surface area (Å²) in [4.78, 5) is 27.6. The molecule has 0 bridgehead atoms. The number of Topliss-reactive ketones (excluding diaryl/α,β-unsaturated/α-hetero) is 2. The summed E-state index contributed by atoms with van der Waals surface area (Å²) in [5.41, 5.74) is 3.23. The molecular weight excluding hydrogens is 374 g/mol. The van der Waals surface area contributed by atoms with Gasteiger partial charge in [-0.25, -0.2) is 0 Å². The van der Waals surface area contributed by atoms with Gasteiger partial charge in [0, 0.05) is 12.1 Å². The van der Waals surface area contributed by atoms with Crippen LogP contribution in [0.1, 0.15) is 54.1 Å². The van der Waals surface area contributed by atoms with Crippen molar-refractivity contribution >= 4 is 11.6 Å². The quantitative estimate of drug-likeness (QED) is 0.429. The van der Waals surface area contributed by atoms with Crippen LogP contribution >= 0.6 is 0 Å². The fourth-order valence-corrected chi connectivity index (χ4v) is 4.40. The molecule has 1 heterocycles. The Morgan fingerprint density at radius 2 is 1.83 bits per heavy atom. The number of carbonyl (C=O) groups excluding carboxylic acids is 2. The van der Waals surface area contributed by atoms with E-state index in [-0.39, 0.29) is 11.6 Å². The molecule has 0 spiro atoms. The molecule has 160 valence electrons. The molecular formula is C26H33NO3. The minimum Gasteiger partial charge on any atom is -0.497 e. The summed E-state index contributed by atoms with van der Waals surface area (Å²) in [6, 6.07) is 15.8. The van der Waals surface area contributed by atoms with Gasteiger partial charge in [0.25, 0.3) is 0 Å². The molecule has 0 aromatic heterocycles. The zero-order valence-electron chi connectivity index (χ0n) is 18.4. The Morgan fingerprint density at radius 3 is 2.50 bits per heavy atom. The van der Waals surface area contributed by atoms with Crippen molar-refractivity contribution in [2.45, 2.75) is 46.1 Å². The van der Waals surface area contributed by atoms with Crippen molar-refractivity contribution in [2.75, 3.05) is 20.2 Å². The summed E-state index contributed by atoms with van der Waals surface area (Å²) in [7, 11) is 1.58. The molecule has 0 saturated carbocycles. The first kappa shape index (κ1) is 22.2. The number of hydrogen-bond donors (Lipinski definition) is 0. The maximum atomic E-state index is 12.9. The number of benzene rings is 2. The lowest BCUT2D eigenvalue weighted by Crippen LogP contribution is -2.33. The number of aryl methyl sites for hydroxylation is 1. The average molecular weight is 408 g/mol. The van der Waals surface area contributed by atoms with Crippen LogP contribution in [0.2, 0.25) is 0 Å². The van der Waals surface area contributed by atoms with Crippen molar-refractivity contribution in [3.05, 3.63) is 65.2 Å². The van der Waals surface area contributed by atoms with E-state index in [4.69, 9.17) is 4.74 Å². The van der Waals surface area contributed by atoms with E-state index in [0.717, 1.165) is 38.9 Å². The van der Waals surface area contributed by atoms with E-state index in [1.807, 2.05) is 6.07 Å². The van der Waals surface area contributed by atoms with Crippen LogP contribution in [0.5, 0.6) is 5.75 Å². The van der Waals surface area contributed by atoms with E-state index in [1.165, 1.54) is 18.1 Å². The minimum atomic E-state index is -0.553. The number of nitrogens with zero attached hydrogens (tertiary/aromatic N) is 1. The van der Waals surface area contributed by atoms with Gasteiger partial charge in [0.15, 0.2) is 5.78 Å². The van der Waals surface area contributed by atoms with Crippen LogP contribution in [-0.2, 0) is 11.3 Å². The Bertz CT molecular complexity index is 868. The lowest BCUT2D eigenvalue weighted by atomic mass is 9.84. The van der Waals surface area contributed by atoms with Crippen LogP contribution in [0.4, 0.5) is 0 Å². The van der Waals surface area contributed by atoms with Crippen molar-refractivity contribution in [1.29, 1.82) is 0 Å². The van der Waals surface area contributed by atoms with Crippen LogP contribution in [-0.4, -0.2) is 36.7 Å². The molecule has 2 aromatic carbocycles.